The summed E-state index contributed by atoms with van der Waals surface area (Å²) in [6.07, 6.45) is 1.55. The molecule has 4 nitrogen and oxygen atoms in total. The van der Waals surface area contributed by atoms with E-state index in [-0.39, 0.29) is 5.69 Å². The average Bonchev–Trinajstić information content (AvgIpc) is 2.60. The van der Waals surface area contributed by atoms with Crippen LogP contribution in [0.1, 0.15) is 10.5 Å². The first-order valence-electron chi connectivity index (χ1n) is 4.61. The second-order valence-electron chi connectivity index (χ2n) is 3.38. The number of carboxylic acids is 1. The molecular weight excluding hydrogens is 211 g/mol. The molecule has 0 aliphatic rings. The van der Waals surface area contributed by atoms with Gasteiger partial charge in [0.05, 0.1) is 0 Å². The number of aromatic carboxylic acids is 1. The first kappa shape index (κ1) is 10.4. The summed E-state index contributed by atoms with van der Waals surface area (Å²) < 4.78 is 14.4. The Bertz CT molecular complexity index is 549. The first-order valence-corrected chi connectivity index (χ1v) is 4.61. The van der Waals surface area contributed by atoms with Crippen LogP contribution >= 0.6 is 0 Å². The Kier molecular flexibility index (Phi) is 2.44. The number of nitrogens with zero attached hydrogens (tertiary/aromatic N) is 2. The van der Waals surface area contributed by atoms with E-state index in [4.69, 9.17) is 5.11 Å². The smallest absolute Gasteiger partial charge is 0.357 e. The van der Waals surface area contributed by atoms with Gasteiger partial charge in [-0.15, -0.1) is 0 Å². The molecule has 2 aromatic rings. The number of hydrogen-bond acceptors (Lipinski definition) is 2. The molecule has 1 heterocycles. The quantitative estimate of drug-likeness (QED) is 0.841. The van der Waals surface area contributed by atoms with Gasteiger partial charge in [-0.1, -0.05) is 12.1 Å². The minimum absolute atomic E-state index is 0.0758. The van der Waals surface area contributed by atoms with Crippen molar-refractivity contribution in [2.24, 2.45) is 7.05 Å². The molecule has 0 amide bonds. The zero-order chi connectivity index (χ0) is 11.7. The number of rotatable bonds is 2. The van der Waals surface area contributed by atoms with Crippen molar-refractivity contribution in [2.75, 3.05) is 0 Å². The zero-order valence-electron chi connectivity index (χ0n) is 8.51. The molecule has 1 N–H and O–H groups in total. The number of hydrogen-bond donors (Lipinski definition) is 1. The fraction of sp³-hybridized carbons (Fsp3) is 0.0909. The van der Waals surface area contributed by atoms with E-state index in [1.807, 2.05) is 0 Å². The maximum absolute atomic E-state index is 13.0. The van der Waals surface area contributed by atoms with Gasteiger partial charge in [0.25, 0.3) is 0 Å². The van der Waals surface area contributed by atoms with Crippen molar-refractivity contribution in [1.82, 2.24) is 9.78 Å². The topological polar surface area (TPSA) is 55.1 Å². The van der Waals surface area contributed by atoms with E-state index < -0.39 is 11.8 Å². The van der Waals surface area contributed by atoms with Gasteiger partial charge < -0.3 is 5.11 Å². The third kappa shape index (κ3) is 1.79. The van der Waals surface area contributed by atoms with Gasteiger partial charge in [-0.25, -0.2) is 9.18 Å². The molecule has 2 rings (SSSR count). The monoisotopic (exact) mass is 220 g/mol. The van der Waals surface area contributed by atoms with Gasteiger partial charge in [-0.2, -0.15) is 5.10 Å². The zero-order valence-corrected chi connectivity index (χ0v) is 8.51. The number of aromatic nitrogens is 2. The van der Waals surface area contributed by atoms with Crippen LogP contribution in [0.25, 0.3) is 11.1 Å². The standard InChI is InChI=1S/C11H9FN2O2/c1-14-6-9(10(13-14)11(15)16)7-3-2-4-8(12)5-7/h2-6H,1H3,(H,15,16). The van der Waals surface area contributed by atoms with Crippen LogP contribution in [0, 0.1) is 5.82 Å². The summed E-state index contributed by atoms with van der Waals surface area (Å²) in [5.41, 5.74) is 0.841. The lowest BCUT2D eigenvalue weighted by molar-refractivity contribution is 0.0690. The van der Waals surface area contributed by atoms with Crippen molar-refractivity contribution < 1.29 is 14.3 Å². The third-order valence-electron chi connectivity index (χ3n) is 2.17. The van der Waals surface area contributed by atoms with Crippen molar-refractivity contribution in [2.45, 2.75) is 0 Å². The van der Waals surface area contributed by atoms with Gasteiger partial charge in [-0.05, 0) is 17.7 Å². The summed E-state index contributed by atoms with van der Waals surface area (Å²) in [6, 6.07) is 5.76. The maximum atomic E-state index is 13.0. The molecule has 1 aromatic heterocycles. The lowest BCUT2D eigenvalue weighted by atomic mass is 10.1. The molecule has 0 bridgehead atoms. The van der Waals surface area contributed by atoms with Crippen LogP contribution in [0.3, 0.4) is 0 Å². The number of aryl methyl sites for hydroxylation is 1. The minimum Gasteiger partial charge on any atom is -0.476 e. The fourth-order valence-corrected chi connectivity index (χ4v) is 1.51. The van der Waals surface area contributed by atoms with E-state index in [1.165, 1.54) is 22.9 Å². The molecule has 1 aromatic carbocycles. The highest BCUT2D eigenvalue weighted by molar-refractivity contribution is 5.93. The van der Waals surface area contributed by atoms with Crippen LogP contribution in [0.15, 0.2) is 30.5 Å². The number of carbonyl (C=O) groups is 1. The van der Waals surface area contributed by atoms with Crippen LogP contribution in [-0.2, 0) is 7.05 Å². The molecular formula is C11H9FN2O2. The van der Waals surface area contributed by atoms with Crippen LogP contribution in [0.4, 0.5) is 4.39 Å². The Morgan fingerprint density at radius 2 is 2.25 bits per heavy atom. The molecule has 0 aliphatic heterocycles. The molecule has 0 atom stereocenters. The Balaban J connectivity index is 2.59. The van der Waals surface area contributed by atoms with Crippen molar-refractivity contribution in [3.8, 4) is 11.1 Å². The molecule has 0 fully saturated rings. The Labute approximate surface area is 90.9 Å². The molecule has 0 saturated carbocycles. The summed E-state index contributed by atoms with van der Waals surface area (Å²) in [5, 5.41) is 12.8. The largest absolute Gasteiger partial charge is 0.476 e. The van der Waals surface area contributed by atoms with E-state index >= 15 is 0 Å². The lowest BCUT2D eigenvalue weighted by Crippen LogP contribution is -2.00. The molecule has 0 unspecified atom stereocenters. The van der Waals surface area contributed by atoms with Crippen LogP contribution in [0.2, 0.25) is 0 Å². The maximum Gasteiger partial charge on any atom is 0.357 e. The van der Waals surface area contributed by atoms with Gasteiger partial charge >= 0.3 is 5.97 Å². The number of halogens is 1. The molecule has 0 saturated heterocycles. The molecule has 5 heteroatoms. The van der Waals surface area contributed by atoms with Gasteiger partial charge in [0.15, 0.2) is 5.69 Å². The first-order chi connectivity index (χ1) is 7.58. The van der Waals surface area contributed by atoms with E-state index in [2.05, 4.69) is 5.10 Å². The molecule has 0 spiro atoms. The average molecular weight is 220 g/mol. The van der Waals surface area contributed by atoms with Crippen molar-refractivity contribution in [3.05, 3.63) is 42.0 Å². The van der Waals surface area contributed by atoms with E-state index in [1.54, 1.807) is 19.3 Å². The summed E-state index contributed by atoms with van der Waals surface area (Å²) in [6.45, 7) is 0. The molecule has 16 heavy (non-hydrogen) atoms. The highest BCUT2D eigenvalue weighted by atomic mass is 19.1. The van der Waals surface area contributed by atoms with Gasteiger partial charge in [0.2, 0.25) is 0 Å². The predicted molar refractivity (Wildman–Crippen MR) is 55.6 cm³/mol. The normalized spacial score (nSPS) is 10.4. The Morgan fingerprint density at radius 1 is 1.50 bits per heavy atom. The summed E-state index contributed by atoms with van der Waals surface area (Å²) >= 11 is 0. The molecule has 82 valence electrons. The van der Waals surface area contributed by atoms with Crippen LogP contribution in [0.5, 0.6) is 0 Å². The predicted octanol–water partition coefficient (Wildman–Crippen LogP) is 1.92. The molecule has 0 aliphatic carbocycles. The van der Waals surface area contributed by atoms with Crippen molar-refractivity contribution >= 4 is 5.97 Å². The van der Waals surface area contributed by atoms with Gasteiger partial charge in [0.1, 0.15) is 5.82 Å². The third-order valence-corrected chi connectivity index (χ3v) is 2.17. The van der Waals surface area contributed by atoms with Crippen molar-refractivity contribution in [1.29, 1.82) is 0 Å². The highest BCUT2D eigenvalue weighted by Crippen LogP contribution is 2.23. The summed E-state index contributed by atoms with van der Waals surface area (Å²) in [7, 11) is 1.62. The van der Waals surface area contributed by atoms with Gasteiger partial charge in [0, 0.05) is 18.8 Å². The van der Waals surface area contributed by atoms with E-state index in [9.17, 15) is 9.18 Å². The van der Waals surface area contributed by atoms with Crippen molar-refractivity contribution in [3.63, 3.8) is 0 Å². The van der Waals surface area contributed by atoms with Crippen LogP contribution < -0.4 is 0 Å². The van der Waals surface area contributed by atoms with Gasteiger partial charge in [-0.3, -0.25) is 4.68 Å². The second kappa shape index (κ2) is 3.77. The molecule has 0 radical (unpaired) electrons. The number of benzene rings is 1. The Morgan fingerprint density at radius 3 is 2.88 bits per heavy atom. The SMILES string of the molecule is Cn1cc(-c2cccc(F)c2)c(C(=O)O)n1. The summed E-state index contributed by atoms with van der Waals surface area (Å²) in [5.74, 6) is -1.53. The Hall–Kier alpha value is -2.17. The lowest BCUT2D eigenvalue weighted by Gasteiger charge is -1.98. The van der Waals surface area contributed by atoms with E-state index in [0.717, 1.165) is 0 Å². The van der Waals surface area contributed by atoms with Crippen LogP contribution in [-0.4, -0.2) is 20.9 Å². The second-order valence-corrected chi connectivity index (χ2v) is 3.38. The summed E-state index contributed by atoms with van der Waals surface area (Å²) in [4.78, 5) is 10.9. The number of carboxylic acid groups (broad SMARTS) is 1. The van der Waals surface area contributed by atoms with E-state index in [0.29, 0.717) is 11.1 Å². The minimum atomic E-state index is -1.13. The fourth-order valence-electron chi connectivity index (χ4n) is 1.51. The highest BCUT2D eigenvalue weighted by Gasteiger charge is 2.16.